The zero-order valence-corrected chi connectivity index (χ0v) is 12.9. The summed E-state index contributed by atoms with van der Waals surface area (Å²) >= 11 is 1.33. The summed E-state index contributed by atoms with van der Waals surface area (Å²) in [6.45, 7) is 4.83. The Hall–Kier alpha value is -1.92. The van der Waals surface area contributed by atoms with Crippen molar-refractivity contribution in [3.8, 4) is 5.75 Å². The minimum atomic E-state index is -0.315. The minimum Gasteiger partial charge on any atom is -0.493 e. The van der Waals surface area contributed by atoms with Gasteiger partial charge in [0, 0.05) is 6.42 Å². The van der Waals surface area contributed by atoms with E-state index in [4.69, 9.17) is 10.6 Å². The highest BCUT2D eigenvalue weighted by Gasteiger charge is 2.09. The van der Waals surface area contributed by atoms with E-state index in [0.29, 0.717) is 23.8 Å². The number of benzene rings is 1. The molecule has 5 nitrogen and oxygen atoms in total. The van der Waals surface area contributed by atoms with Crippen molar-refractivity contribution in [2.75, 3.05) is 6.61 Å². The van der Waals surface area contributed by atoms with Crippen LogP contribution in [-0.2, 0) is 6.42 Å². The predicted molar refractivity (Wildman–Crippen MR) is 83.5 cm³/mol. The first kappa shape index (κ1) is 15.5. The van der Waals surface area contributed by atoms with Crippen LogP contribution >= 0.6 is 11.3 Å². The van der Waals surface area contributed by atoms with E-state index in [9.17, 15) is 4.79 Å². The molecule has 2 rings (SSSR count). The molecule has 0 aliphatic rings. The number of nitrogens with zero attached hydrogens (tertiary/aromatic N) is 1. The third-order valence-electron chi connectivity index (χ3n) is 3.02. The third kappa shape index (κ3) is 4.27. The van der Waals surface area contributed by atoms with E-state index in [2.05, 4.69) is 36.4 Å². The molecule has 0 atom stereocenters. The molecule has 0 bridgehead atoms. The van der Waals surface area contributed by atoms with E-state index in [1.54, 1.807) is 0 Å². The van der Waals surface area contributed by atoms with E-state index in [0.717, 1.165) is 10.8 Å². The van der Waals surface area contributed by atoms with Gasteiger partial charge in [0.15, 0.2) is 0 Å². The highest BCUT2D eigenvalue weighted by Crippen LogP contribution is 2.20. The van der Waals surface area contributed by atoms with E-state index in [1.807, 2.05) is 12.1 Å². The Morgan fingerprint density at radius 3 is 3.00 bits per heavy atom. The minimum absolute atomic E-state index is 0.315. The summed E-state index contributed by atoms with van der Waals surface area (Å²) in [5.74, 6) is 6.10. The van der Waals surface area contributed by atoms with Gasteiger partial charge in [0.25, 0.3) is 5.91 Å². The van der Waals surface area contributed by atoms with Gasteiger partial charge in [-0.25, -0.2) is 10.8 Å². The maximum absolute atomic E-state index is 11.3. The van der Waals surface area contributed by atoms with Crippen molar-refractivity contribution in [1.82, 2.24) is 10.4 Å². The molecule has 0 radical (unpaired) electrons. The number of carbonyl (C=O) groups excluding carboxylic acids is 1. The molecule has 3 N–H and O–H groups in total. The van der Waals surface area contributed by atoms with Crippen LogP contribution in [0.5, 0.6) is 5.75 Å². The van der Waals surface area contributed by atoms with Gasteiger partial charge in [0.2, 0.25) is 0 Å². The van der Waals surface area contributed by atoms with Crippen LogP contribution in [0.4, 0.5) is 0 Å². The molecule has 1 aromatic carbocycles. The van der Waals surface area contributed by atoms with Gasteiger partial charge in [0.05, 0.1) is 17.8 Å². The zero-order chi connectivity index (χ0) is 15.2. The van der Waals surface area contributed by atoms with E-state index in [-0.39, 0.29) is 5.91 Å². The topological polar surface area (TPSA) is 77.2 Å². The maximum Gasteiger partial charge on any atom is 0.276 e. The Morgan fingerprint density at radius 1 is 1.48 bits per heavy atom. The monoisotopic (exact) mass is 305 g/mol. The largest absolute Gasteiger partial charge is 0.493 e. The van der Waals surface area contributed by atoms with Crippen molar-refractivity contribution >= 4 is 17.2 Å². The van der Waals surface area contributed by atoms with Crippen molar-refractivity contribution < 1.29 is 9.53 Å². The van der Waals surface area contributed by atoms with E-state index in [1.165, 1.54) is 23.1 Å². The standard InChI is InChI=1S/C15H19N3O2S/c1-10(2)11-4-3-5-12(8-11)20-7-6-14-17-9-13(21-14)15(19)18-16/h3-5,8-10H,6-7,16H2,1-2H3,(H,18,19). The Kier molecular flexibility index (Phi) is 5.30. The number of rotatable bonds is 6. The molecule has 2 aromatic rings. The quantitative estimate of drug-likeness (QED) is 0.488. The lowest BCUT2D eigenvalue weighted by Gasteiger charge is -2.09. The van der Waals surface area contributed by atoms with Crippen LogP contribution in [0.3, 0.4) is 0 Å². The van der Waals surface area contributed by atoms with Crippen LogP contribution in [0.15, 0.2) is 30.5 Å². The highest BCUT2D eigenvalue weighted by molar-refractivity contribution is 7.13. The summed E-state index contributed by atoms with van der Waals surface area (Å²) in [4.78, 5) is 16.0. The Bertz CT molecular complexity index is 610. The fourth-order valence-electron chi connectivity index (χ4n) is 1.82. The number of ether oxygens (including phenoxy) is 1. The molecule has 6 heteroatoms. The average molecular weight is 305 g/mol. The average Bonchev–Trinajstić information content (AvgIpc) is 2.95. The zero-order valence-electron chi connectivity index (χ0n) is 12.1. The number of hydrogen-bond acceptors (Lipinski definition) is 5. The molecular weight excluding hydrogens is 286 g/mol. The summed E-state index contributed by atoms with van der Waals surface area (Å²) in [5, 5.41) is 0.855. The van der Waals surface area contributed by atoms with Crippen LogP contribution in [0, 0.1) is 0 Å². The number of hydrazine groups is 1. The molecule has 0 fully saturated rings. The van der Waals surface area contributed by atoms with Crippen LogP contribution in [0.2, 0.25) is 0 Å². The van der Waals surface area contributed by atoms with Crippen LogP contribution in [0.1, 0.15) is 40.0 Å². The fourth-order valence-corrected chi connectivity index (χ4v) is 2.62. The number of hydrogen-bond donors (Lipinski definition) is 2. The molecule has 1 amide bonds. The molecule has 0 aliphatic carbocycles. The number of nitrogens with two attached hydrogens (primary N) is 1. The molecule has 0 unspecified atom stereocenters. The molecule has 0 spiro atoms. The summed E-state index contributed by atoms with van der Waals surface area (Å²) in [6.07, 6.45) is 2.19. The second kappa shape index (κ2) is 7.19. The Morgan fingerprint density at radius 2 is 2.29 bits per heavy atom. The first-order valence-electron chi connectivity index (χ1n) is 6.78. The van der Waals surface area contributed by atoms with Gasteiger partial charge in [-0.2, -0.15) is 0 Å². The van der Waals surface area contributed by atoms with Crippen molar-refractivity contribution in [1.29, 1.82) is 0 Å². The number of amides is 1. The molecule has 112 valence electrons. The summed E-state index contributed by atoms with van der Waals surface area (Å²) in [5.41, 5.74) is 3.35. The van der Waals surface area contributed by atoms with Crippen molar-refractivity contribution in [3.05, 3.63) is 45.9 Å². The van der Waals surface area contributed by atoms with Crippen molar-refractivity contribution in [2.45, 2.75) is 26.2 Å². The Labute approximate surface area is 128 Å². The van der Waals surface area contributed by atoms with E-state index >= 15 is 0 Å². The SMILES string of the molecule is CC(C)c1cccc(OCCc2ncc(C(=O)NN)s2)c1. The van der Waals surface area contributed by atoms with Gasteiger partial charge in [-0.15, -0.1) is 11.3 Å². The first-order chi connectivity index (χ1) is 10.1. The van der Waals surface area contributed by atoms with Gasteiger partial charge in [-0.05, 0) is 23.6 Å². The molecule has 0 saturated carbocycles. The summed E-state index contributed by atoms with van der Waals surface area (Å²) in [6, 6.07) is 8.09. The van der Waals surface area contributed by atoms with Gasteiger partial charge in [-0.1, -0.05) is 26.0 Å². The Balaban J connectivity index is 1.88. The lowest BCUT2D eigenvalue weighted by molar-refractivity contribution is 0.0957. The number of nitrogens with one attached hydrogen (secondary N) is 1. The number of carbonyl (C=O) groups is 1. The molecule has 0 saturated heterocycles. The smallest absolute Gasteiger partial charge is 0.276 e. The van der Waals surface area contributed by atoms with Crippen LogP contribution in [0.25, 0.3) is 0 Å². The maximum atomic E-state index is 11.3. The van der Waals surface area contributed by atoms with E-state index < -0.39 is 0 Å². The lowest BCUT2D eigenvalue weighted by atomic mass is 10.0. The van der Waals surface area contributed by atoms with Gasteiger partial charge in [-0.3, -0.25) is 10.2 Å². The van der Waals surface area contributed by atoms with Crippen LogP contribution in [-0.4, -0.2) is 17.5 Å². The molecular formula is C15H19N3O2S. The number of aromatic nitrogens is 1. The molecule has 1 heterocycles. The third-order valence-corrected chi connectivity index (χ3v) is 4.07. The predicted octanol–water partition coefficient (Wildman–Crippen LogP) is 2.49. The highest BCUT2D eigenvalue weighted by atomic mass is 32.1. The fraction of sp³-hybridized carbons (Fsp3) is 0.333. The normalized spacial score (nSPS) is 10.7. The van der Waals surface area contributed by atoms with Crippen molar-refractivity contribution in [2.24, 2.45) is 5.84 Å². The van der Waals surface area contributed by atoms with Crippen molar-refractivity contribution in [3.63, 3.8) is 0 Å². The lowest BCUT2D eigenvalue weighted by Crippen LogP contribution is -2.29. The van der Waals surface area contributed by atoms with Gasteiger partial charge >= 0.3 is 0 Å². The molecule has 1 aromatic heterocycles. The molecule has 0 aliphatic heterocycles. The second-order valence-electron chi connectivity index (χ2n) is 4.92. The number of thiazole rings is 1. The summed E-state index contributed by atoms with van der Waals surface area (Å²) < 4.78 is 5.74. The first-order valence-corrected chi connectivity index (χ1v) is 7.60. The second-order valence-corrected chi connectivity index (χ2v) is 6.03. The number of nitrogen functional groups attached to an aromatic ring is 1. The van der Waals surface area contributed by atoms with Gasteiger partial charge < -0.3 is 4.74 Å². The van der Waals surface area contributed by atoms with Crippen LogP contribution < -0.4 is 16.0 Å². The summed E-state index contributed by atoms with van der Waals surface area (Å²) in [7, 11) is 0. The van der Waals surface area contributed by atoms with Gasteiger partial charge in [0.1, 0.15) is 10.6 Å². The molecule has 21 heavy (non-hydrogen) atoms.